The van der Waals surface area contributed by atoms with Gasteiger partial charge in [0.1, 0.15) is 5.58 Å². The standard InChI is InChI=1S/C17H14O2/c1-11-7-12(2)9-14(8-11)15-10-13-5-3-4-6-16(13)19-17(15)18/h3-10H,1-2H3. The number of rotatable bonds is 1. The summed E-state index contributed by atoms with van der Waals surface area (Å²) in [6, 6.07) is 15.6. The van der Waals surface area contributed by atoms with E-state index in [-0.39, 0.29) is 5.63 Å². The van der Waals surface area contributed by atoms with Gasteiger partial charge < -0.3 is 4.42 Å². The molecular formula is C17H14O2. The molecule has 2 nitrogen and oxygen atoms in total. The highest BCUT2D eigenvalue weighted by molar-refractivity contribution is 5.81. The molecule has 0 N–H and O–H groups in total. The van der Waals surface area contributed by atoms with Gasteiger partial charge in [0.2, 0.25) is 0 Å². The lowest BCUT2D eigenvalue weighted by Gasteiger charge is -2.05. The van der Waals surface area contributed by atoms with Crippen LogP contribution in [-0.2, 0) is 0 Å². The van der Waals surface area contributed by atoms with Crippen molar-refractivity contribution >= 4 is 11.0 Å². The lowest BCUT2D eigenvalue weighted by Crippen LogP contribution is -2.02. The van der Waals surface area contributed by atoms with Crippen molar-refractivity contribution in [3.05, 3.63) is 70.1 Å². The third-order valence-electron chi connectivity index (χ3n) is 3.17. The minimum Gasteiger partial charge on any atom is -0.422 e. The van der Waals surface area contributed by atoms with E-state index in [0.717, 1.165) is 22.1 Å². The second kappa shape index (κ2) is 4.39. The average Bonchev–Trinajstić information content (AvgIpc) is 2.36. The maximum absolute atomic E-state index is 12.1. The highest BCUT2D eigenvalue weighted by Gasteiger charge is 2.08. The van der Waals surface area contributed by atoms with E-state index < -0.39 is 0 Å². The van der Waals surface area contributed by atoms with Crippen molar-refractivity contribution in [2.24, 2.45) is 0 Å². The molecule has 0 aliphatic rings. The monoisotopic (exact) mass is 250 g/mol. The molecule has 0 spiro atoms. The van der Waals surface area contributed by atoms with E-state index in [9.17, 15) is 4.79 Å². The zero-order valence-electron chi connectivity index (χ0n) is 10.9. The Labute approximate surface area is 111 Å². The SMILES string of the molecule is Cc1cc(C)cc(-c2cc3ccccc3oc2=O)c1. The number of hydrogen-bond acceptors (Lipinski definition) is 2. The van der Waals surface area contributed by atoms with Crippen LogP contribution >= 0.6 is 0 Å². The van der Waals surface area contributed by atoms with E-state index in [0.29, 0.717) is 11.1 Å². The molecule has 0 radical (unpaired) electrons. The third kappa shape index (κ3) is 2.17. The first-order chi connectivity index (χ1) is 9.13. The van der Waals surface area contributed by atoms with Crippen LogP contribution in [0.15, 0.2) is 57.7 Å². The van der Waals surface area contributed by atoms with Crippen LogP contribution in [0.3, 0.4) is 0 Å². The second-order valence-corrected chi connectivity index (χ2v) is 4.86. The Morgan fingerprint density at radius 3 is 2.32 bits per heavy atom. The van der Waals surface area contributed by atoms with Gasteiger partial charge in [-0.05, 0) is 31.5 Å². The summed E-state index contributed by atoms with van der Waals surface area (Å²) in [5.41, 5.74) is 4.15. The highest BCUT2D eigenvalue weighted by Crippen LogP contribution is 2.22. The van der Waals surface area contributed by atoms with Crippen molar-refractivity contribution in [2.45, 2.75) is 13.8 Å². The molecule has 2 aromatic carbocycles. The summed E-state index contributed by atoms with van der Waals surface area (Å²) in [5.74, 6) is 0. The molecule has 3 rings (SSSR count). The molecule has 0 saturated carbocycles. The van der Waals surface area contributed by atoms with E-state index in [4.69, 9.17) is 4.42 Å². The normalized spacial score (nSPS) is 10.8. The van der Waals surface area contributed by atoms with Crippen molar-refractivity contribution in [1.82, 2.24) is 0 Å². The van der Waals surface area contributed by atoms with Gasteiger partial charge in [-0.15, -0.1) is 0 Å². The van der Waals surface area contributed by atoms with Crippen LogP contribution in [-0.4, -0.2) is 0 Å². The summed E-state index contributed by atoms with van der Waals surface area (Å²) < 4.78 is 5.37. The molecule has 1 heterocycles. The Kier molecular flexibility index (Phi) is 2.71. The first kappa shape index (κ1) is 11.7. The summed E-state index contributed by atoms with van der Waals surface area (Å²) in [5, 5.41) is 0.941. The Morgan fingerprint density at radius 2 is 1.58 bits per heavy atom. The van der Waals surface area contributed by atoms with E-state index in [1.165, 1.54) is 0 Å². The van der Waals surface area contributed by atoms with Crippen molar-refractivity contribution < 1.29 is 4.42 Å². The van der Waals surface area contributed by atoms with E-state index in [2.05, 4.69) is 6.07 Å². The van der Waals surface area contributed by atoms with Gasteiger partial charge in [-0.25, -0.2) is 4.79 Å². The Hall–Kier alpha value is -2.35. The highest BCUT2D eigenvalue weighted by atomic mass is 16.4. The Morgan fingerprint density at radius 1 is 0.895 bits per heavy atom. The van der Waals surface area contributed by atoms with Gasteiger partial charge in [-0.1, -0.05) is 47.5 Å². The number of hydrogen-bond donors (Lipinski definition) is 0. The van der Waals surface area contributed by atoms with E-state index in [1.54, 1.807) is 0 Å². The molecule has 0 aliphatic carbocycles. The van der Waals surface area contributed by atoms with Gasteiger partial charge in [-0.3, -0.25) is 0 Å². The fraction of sp³-hybridized carbons (Fsp3) is 0.118. The molecule has 0 saturated heterocycles. The van der Waals surface area contributed by atoms with Crippen LogP contribution < -0.4 is 5.63 Å². The minimum atomic E-state index is -0.288. The van der Waals surface area contributed by atoms with Gasteiger partial charge in [0, 0.05) is 5.39 Å². The predicted molar refractivity (Wildman–Crippen MR) is 77.4 cm³/mol. The fourth-order valence-corrected chi connectivity index (χ4v) is 2.39. The molecule has 0 aliphatic heterocycles. The molecule has 1 aromatic heterocycles. The number of fused-ring (bicyclic) bond motifs is 1. The van der Waals surface area contributed by atoms with Crippen molar-refractivity contribution in [3.63, 3.8) is 0 Å². The zero-order valence-corrected chi connectivity index (χ0v) is 10.9. The molecule has 3 aromatic rings. The molecule has 19 heavy (non-hydrogen) atoms. The number of para-hydroxylation sites is 1. The topological polar surface area (TPSA) is 30.2 Å². The van der Waals surface area contributed by atoms with Gasteiger partial charge in [0.05, 0.1) is 5.56 Å². The van der Waals surface area contributed by atoms with Gasteiger partial charge >= 0.3 is 5.63 Å². The molecule has 0 bridgehead atoms. The van der Waals surface area contributed by atoms with Crippen molar-refractivity contribution in [1.29, 1.82) is 0 Å². The van der Waals surface area contributed by atoms with Gasteiger partial charge in [0.15, 0.2) is 0 Å². The largest absolute Gasteiger partial charge is 0.422 e. The molecule has 0 atom stereocenters. The third-order valence-corrected chi connectivity index (χ3v) is 3.17. The van der Waals surface area contributed by atoms with E-state index in [1.807, 2.05) is 56.3 Å². The maximum atomic E-state index is 12.1. The van der Waals surface area contributed by atoms with Crippen LogP contribution in [0.25, 0.3) is 22.1 Å². The Balaban J connectivity index is 2.30. The molecule has 0 unspecified atom stereocenters. The van der Waals surface area contributed by atoms with E-state index >= 15 is 0 Å². The predicted octanol–water partition coefficient (Wildman–Crippen LogP) is 4.08. The first-order valence-corrected chi connectivity index (χ1v) is 6.25. The van der Waals surface area contributed by atoms with Gasteiger partial charge in [0.25, 0.3) is 0 Å². The fourth-order valence-electron chi connectivity index (χ4n) is 2.39. The number of benzene rings is 2. The van der Waals surface area contributed by atoms with Crippen LogP contribution in [0.4, 0.5) is 0 Å². The van der Waals surface area contributed by atoms with Crippen LogP contribution in [0, 0.1) is 13.8 Å². The Bertz CT molecular complexity index is 793. The molecular weight excluding hydrogens is 236 g/mol. The lowest BCUT2D eigenvalue weighted by atomic mass is 10.0. The lowest BCUT2D eigenvalue weighted by molar-refractivity contribution is 0.563. The minimum absolute atomic E-state index is 0.288. The summed E-state index contributed by atoms with van der Waals surface area (Å²) >= 11 is 0. The molecule has 0 fully saturated rings. The number of aryl methyl sites for hydroxylation is 2. The van der Waals surface area contributed by atoms with Crippen molar-refractivity contribution in [2.75, 3.05) is 0 Å². The molecule has 0 amide bonds. The molecule has 2 heteroatoms. The maximum Gasteiger partial charge on any atom is 0.344 e. The van der Waals surface area contributed by atoms with Crippen molar-refractivity contribution in [3.8, 4) is 11.1 Å². The quantitative estimate of drug-likeness (QED) is 0.609. The van der Waals surface area contributed by atoms with Gasteiger partial charge in [-0.2, -0.15) is 0 Å². The summed E-state index contributed by atoms with van der Waals surface area (Å²) in [6.45, 7) is 4.05. The van der Waals surface area contributed by atoms with Crippen LogP contribution in [0.5, 0.6) is 0 Å². The average molecular weight is 250 g/mol. The van der Waals surface area contributed by atoms with Crippen LogP contribution in [0.2, 0.25) is 0 Å². The summed E-state index contributed by atoms with van der Waals surface area (Å²) in [6.07, 6.45) is 0. The first-order valence-electron chi connectivity index (χ1n) is 6.25. The second-order valence-electron chi connectivity index (χ2n) is 4.86. The smallest absolute Gasteiger partial charge is 0.344 e. The van der Waals surface area contributed by atoms with Crippen LogP contribution in [0.1, 0.15) is 11.1 Å². The zero-order chi connectivity index (χ0) is 13.4. The summed E-state index contributed by atoms with van der Waals surface area (Å²) in [4.78, 5) is 12.1. The summed E-state index contributed by atoms with van der Waals surface area (Å²) in [7, 11) is 0. The molecule has 94 valence electrons.